The van der Waals surface area contributed by atoms with E-state index in [9.17, 15) is 0 Å². The van der Waals surface area contributed by atoms with Crippen molar-refractivity contribution in [1.29, 1.82) is 0 Å². The molecule has 0 fully saturated rings. The van der Waals surface area contributed by atoms with Crippen molar-refractivity contribution in [2.45, 2.75) is 5.41 Å². The standard InChI is InChI=1S/C58H37N3/c1-5-18-38(19-6-1)55-59-56(39-20-7-2-8-21-39)61-57(60-55)41-33-35-48-50-36-40(32-34-47(50)45-26-13-14-27-46(45)51(48)37-41)44-29-17-31-53-54(44)49-28-15-16-30-52(49)58(53,42-22-9-3-10-23-42)43-24-11-4-12-25-43/h1-37H. The molecule has 0 atom stereocenters. The van der Waals surface area contributed by atoms with Crippen molar-refractivity contribution in [3.8, 4) is 56.4 Å². The van der Waals surface area contributed by atoms with Gasteiger partial charge in [0.2, 0.25) is 0 Å². The van der Waals surface area contributed by atoms with Crippen molar-refractivity contribution in [3.05, 3.63) is 247 Å². The van der Waals surface area contributed by atoms with Gasteiger partial charge in [-0.05, 0) is 89.0 Å². The highest BCUT2D eigenvalue weighted by molar-refractivity contribution is 6.26. The van der Waals surface area contributed by atoms with Gasteiger partial charge in [0, 0.05) is 16.7 Å². The Morgan fingerprint density at radius 3 is 1.28 bits per heavy atom. The molecule has 3 nitrogen and oxygen atoms in total. The Labute approximate surface area is 354 Å². The normalized spacial score (nSPS) is 12.7. The summed E-state index contributed by atoms with van der Waals surface area (Å²) >= 11 is 0. The Balaban J connectivity index is 1.08. The number of hydrogen-bond acceptors (Lipinski definition) is 3. The van der Waals surface area contributed by atoms with Gasteiger partial charge in [0.05, 0.1) is 5.41 Å². The van der Waals surface area contributed by atoms with E-state index in [0.29, 0.717) is 17.5 Å². The minimum Gasteiger partial charge on any atom is -0.208 e. The van der Waals surface area contributed by atoms with Gasteiger partial charge in [0.1, 0.15) is 0 Å². The number of aromatic nitrogens is 3. The summed E-state index contributed by atoms with van der Waals surface area (Å²) in [6.45, 7) is 0. The maximum Gasteiger partial charge on any atom is 0.164 e. The molecule has 284 valence electrons. The van der Waals surface area contributed by atoms with Crippen LogP contribution in [-0.4, -0.2) is 15.0 Å². The summed E-state index contributed by atoms with van der Waals surface area (Å²) < 4.78 is 0. The zero-order valence-corrected chi connectivity index (χ0v) is 33.2. The molecule has 1 aromatic heterocycles. The fraction of sp³-hybridized carbons (Fsp3) is 0.0172. The highest BCUT2D eigenvalue weighted by Crippen LogP contribution is 2.58. The first-order chi connectivity index (χ1) is 30.3. The molecular weight excluding hydrogens is 739 g/mol. The highest BCUT2D eigenvalue weighted by atomic mass is 15.0. The van der Waals surface area contributed by atoms with E-state index >= 15 is 0 Å². The van der Waals surface area contributed by atoms with Gasteiger partial charge in [0.25, 0.3) is 0 Å². The maximum atomic E-state index is 5.09. The molecule has 0 radical (unpaired) electrons. The third-order valence-electron chi connectivity index (χ3n) is 12.6. The largest absolute Gasteiger partial charge is 0.208 e. The Morgan fingerprint density at radius 2 is 0.672 bits per heavy atom. The first-order valence-electron chi connectivity index (χ1n) is 20.9. The van der Waals surface area contributed by atoms with Crippen LogP contribution in [0.3, 0.4) is 0 Å². The van der Waals surface area contributed by atoms with Crippen LogP contribution in [0.25, 0.3) is 88.7 Å². The van der Waals surface area contributed by atoms with Gasteiger partial charge in [-0.25, -0.2) is 15.0 Å². The van der Waals surface area contributed by atoms with Gasteiger partial charge in [-0.2, -0.15) is 0 Å². The smallest absolute Gasteiger partial charge is 0.164 e. The third-order valence-corrected chi connectivity index (χ3v) is 12.6. The topological polar surface area (TPSA) is 38.7 Å². The van der Waals surface area contributed by atoms with Crippen LogP contribution in [0, 0.1) is 0 Å². The summed E-state index contributed by atoms with van der Waals surface area (Å²) in [6, 6.07) is 80.8. The molecule has 12 rings (SSSR count). The van der Waals surface area contributed by atoms with Gasteiger partial charge in [-0.3, -0.25) is 0 Å². The number of benzene rings is 10. The zero-order valence-electron chi connectivity index (χ0n) is 33.2. The van der Waals surface area contributed by atoms with Crippen molar-refractivity contribution in [3.63, 3.8) is 0 Å². The molecule has 0 amide bonds. The summed E-state index contributed by atoms with van der Waals surface area (Å²) in [5.41, 5.74) is 12.5. The fourth-order valence-electron chi connectivity index (χ4n) is 9.93. The first-order valence-corrected chi connectivity index (χ1v) is 20.9. The molecule has 11 aromatic rings. The molecule has 10 aromatic carbocycles. The molecule has 0 aliphatic heterocycles. The van der Waals surface area contributed by atoms with Crippen molar-refractivity contribution in [2.75, 3.05) is 0 Å². The molecule has 1 aliphatic rings. The summed E-state index contributed by atoms with van der Waals surface area (Å²) in [5, 5.41) is 7.21. The Kier molecular flexibility index (Phi) is 8.07. The molecule has 0 N–H and O–H groups in total. The first kappa shape index (κ1) is 35.0. The lowest BCUT2D eigenvalue weighted by Crippen LogP contribution is -2.28. The average molecular weight is 776 g/mol. The number of rotatable bonds is 6. The van der Waals surface area contributed by atoms with Crippen LogP contribution in [0.1, 0.15) is 22.3 Å². The van der Waals surface area contributed by atoms with Crippen molar-refractivity contribution >= 4 is 32.3 Å². The monoisotopic (exact) mass is 775 g/mol. The second kappa shape index (κ2) is 14.1. The Morgan fingerprint density at radius 1 is 0.262 bits per heavy atom. The minimum absolute atomic E-state index is 0.462. The molecule has 61 heavy (non-hydrogen) atoms. The minimum atomic E-state index is -0.462. The van der Waals surface area contributed by atoms with Crippen LogP contribution in [0.4, 0.5) is 0 Å². The van der Waals surface area contributed by atoms with Crippen LogP contribution in [0.15, 0.2) is 224 Å². The van der Waals surface area contributed by atoms with E-state index in [1.165, 1.54) is 71.4 Å². The van der Waals surface area contributed by atoms with Gasteiger partial charge in [-0.15, -0.1) is 0 Å². The lowest BCUT2D eigenvalue weighted by molar-refractivity contribution is 0.768. The molecule has 1 aliphatic carbocycles. The van der Waals surface area contributed by atoms with Crippen LogP contribution >= 0.6 is 0 Å². The van der Waals surface area contributed by atoms with E-state index in [-0.39, 0.29) is 0 Å². The van der Waals surface area contributed by atoms with E-state index in [4.69, 9.17) is 15.0 Å². The Bertz CT molecular complexity index is 3360. The lowest BCUT2D eigenvalue weighted by atomic mass is 9.67. The quantitative estimate of drug-likeness (QED) is 0.158. The van der Waals surface area contributed by atoms with E-state index in [0.717, 1.165) is 22.1 Å². The molecule has 0 saturated heterocycles. The lowest BCUT2D eigenvalue weighted by Gasteiger charge is -2.34. The van der Waals surface area contributed by atoms with Crippen LogP contribution in [-0.2, 0) is 5.41 Å². The van der Waals surface area contributed by atoms with Crippen molar-refractivity contribution in [1.82, 2.24) is 15.0 Å². The maximum absolute atomic E-state index is 5.09. The van der Waals surface area contributed by atoms with E-state index in [1.54, 1.807) is 0 Å². The van der Waals surface area contributed by atoms with Gasteiger partial charge in [-0.1, -0.05) is 212 Å². The van der Waals surface area contributed by atoms with Gasteiger partial charge >= 0.3 is 0 Å². The predicted octanol–water partition coefficient (Wildman–Crippen LogP) is 14.4. The predicted molar refractivity (Wildman–Crippen MR) is 251 cm³/mol. The van der Waals surface area contributed by atoms with E-state index in [2.05, 4.69) is 188 Å². The summed E-state index contributed by atoms with van der Waals surface area (Å²) in [7, 11) is 0. The van der Waals surface area contributed by atoms with E-state index < -0.39 is 5.41 Å². The summed E-state index contributed by atoms with van der Waals surface area (Å²) in [5.74, 6) is 1.95. The second-order valence-electron chi connectivity index (χ2n) is 15.9. The van der Waals surface area contributed by atoms with Crippen LogP contribution in [0.2, 0.25) is 0 Å². The molecule has 1 heterocycles. The van der Waals surface area contributed by atoms with Crippen molar-refractivity contribution in [2.24, 2.45) is 0 Å². The molecule has 3 heteroatoms. The van der Waals surface area contributed by atoms with Gasteiger partial charge < -0.3 is 0 Å². The summed E-state index contributed by atoms with van der Waals surface area (Å²) in [4.78, 5) is 15.1. The zero-order chi connectivity index (χ0) is 40.3. The van der Waals surface area contributed by atoms with Crippen LogP contribution < -0.4 is 0 Å². The molecule has 0 bridgehead atoms. The third kappa shape index (κ3) is 5.48. The highest BCUT2D eigenvalue weighted by Gasteiger charge is 2.46. The van der Waals surface area contributed by atoms with E-state index in [1.807, 2.05) is 36.4 Å². The summed E-state index contributed by atoms with van der Waals surface area (Å²) in [6.07, 6.45) is 0. The molecule has 0 saturated carbocycles. The second-order valence-corrected chi connectivity index (χ2v) is 15.9. The number of fused-ring (bicyclic) bond motifs is 9. The fourth-order valence-corrected chi connectivity index (χ4v) is 9.93. The SMILES string of the molecule is c1ccc(-c2nc(-c3ccccc3)nc(-c3ccc4c(c3)c3ccccc3c3ccc(-c5cccc6c5-c5ccccc5C6(c5ccccc5)c5ccccc5)cc34)n2)cc1. The van der Waals surface area contributed by atoms with Crippen molar-refractivity contribution < 1.29 is 0 Å². The number of hydrogen-bond donors (Lipinski definition) is 0. The number of nitrogens with zero attached hydrogens (tertiary/aromatic N) is 3. The average Bonchev–Trinajstić information content (AvgIpc) is 3.66. The molecule has 0 spiro atoms. The van der Waals surface area contributed by atoms with Crippen LogP contribution in [0.5, 0.6) is 0 Å². The van der Waals surface area contributed by atoms with Gasteiger partial charge in [0.15, 0.2) is 17.5 Å². The Hall–Kier alpha value is -8.01. The molecular formula is C58H37N3. The molecule has 0 unspecified atom stereocenters.